The van der Waals surface area contributed by atoms with E-state index < -0.39 is 0 Å². The van der Waals surface area contributed by atoms with Crippen molar-refractivity contribution in [3.63, 3.8) is 0 Å². The number of carbonyl (C=O) groups excluding carboxylic acids is 1. The third-order valence-electron chi connectivity index (χ3n) is 4.29. The summed E-state index contributed by atoms with van der Waals surface area (Å²) in [5, 5.41) is 0. The summed E-state index contributed by atoms with van der Waals surface area (Å²) in [6.07, 6.45) is 4.08. The summed E-state index contributed by atoms with van der Waals surface area (Å²) in [5.41, 5.74) is 5.19. The van der Waals surface area contributed by atoms with Gasteiger partial charge < -0.3 is 4.90 Å². The first kappa shape index (κ1) is 11.5. The fourth-order valence-corrected chi connectivity index (χ4v) is 2.91. The van der Waals surface area contributed by atoms with Gasteiger partial charge in [-0.15, -0.1) is 0 Å². The molecule has 3 heteroatoms. The summed E-state index contributed by atoms with van der Waals surface area (Å²) in [7, 11) is 0. The van der Waals surface area contributed by atoms with Crippen molar-refractivity contribution in [2.75, 3.05) is 6.54 Å². The van der Waals surface area contributed by atoms with Crippen molar-refractivity contribution in [2.45, 2.75) is 39.7 Å². The van der Waals surface area contributed by atoms with E-state index in [9.17, 15) is 4.79 Å². The molecule has 0 aliphatic carbocycles. The minimum absolute atomic E-state index is 0.149. The summed E-state index contributed by atoms with van der Waals surface area (Å²) in [6, 6.07) is 2.20. The summed E-state index contributed by atoms with van der Waals surface area (Å²) < 4.78 is 0. The number of hydrogen-bond donors (Lipinski definition) is 0. The smallest absolute Gasteiger partial charge is 0.256 e. The molecule has 2 aliphatic rings. The van der Waals surface area contributed by atoms with Crippen LogP contribution in [0.1, 0.15) is 39.9 Å². The zero-order valence-electron chi connectivity index (χ0n) is 11.2. The average Bonchev–Trinajstić information content (AvgIpc) is 2.77. The molecule has 1 saturated heterocycles. The van der Waals surface area contributed by atoms with Crippen LogP contribution >= 0.6 is 0 Å². The van der Waals surface area contributed by atoms with Crippen molar-refractivity contribution in [2.24, 2.45) is 4.99 Å². The fourth-order valence-electron chi connectivity index (χ4n) is 2.91. The Morgan fingerprint density at radius 3 is 2.83 bits per heavy atom. The van der Waals surface area contributed by atoms with Crippen LogP contribution in [0.25, 0.3) is 0 Å². The molecule has 18 heavy (non-hydrogen) atoms. The zero-order chi connectivity index (χ0) is 12.9. The molecule has 0 radical (unpaired) electrons. The number of rotatable bonds is 0. The van der Waals surface area contributed by atoms with Gasteiger partial charge in [0.1, 0.15) is 0 Å². The molecule has 1 fully saturated rings. The van der Waals surface area contributed by atoms with Gasteiger partial charge in [0.2, 0.25) is 0 Å². The Morgan fingerprint density at radius 2 is 2.06 bits per heavy atom. The SMILES string of the molecule is Cc1cc2c(c(C)c1C)N=C[C@@H]1CCCN1C2=O. The minimum Gasteiger partial charge on any atom is -0.331 e. The van der Waals surface area contributed by atoms with E-state index in [-0.39, 0.29) is 11.9 Å². The second-order valence-electron chi connectivity index (χ2n) is 5.33. The van der Waals surface area contributed by atoms with E-state index in [4.69, 9.17) is 0 Å². The standard InChI is InChI=1S/C15H18N2O/c1-9-7-13-14(11(3)10(9)2)16-8-12-5-4-6-17(12)15(13)18/h7-8,12H,4-6H2,1-3H3/t12-/m0/s1. The van der Waals surface area contributed by atoms with Crippen LogP contribution in [0, 0.1) is 20.8 Å². The van der Waals surface area contributed by atoms with Gasteiger partial charge in [-0.3, -0.25) is 9.79 Å². The van der Waals surface area contributed by atoms with Crippen LogP contribution in [0.5, 0.6) is 0 Å². The van der Waals surface area contributed by atoms with E-state index in [1.54, 1.807) is 0 Å². The van der Waals surface area contributed by atoms with Crippen LogP contribution in [0.4, 0.5) is 5.69 Å². The second-order valence-corrected chi connectivity index (χ2v) is 5.33. The first-order valence-electron chi connectivity index (χ1n) is 6.55. The first-order valence-corrected chi connectivity index (χ1v) is 6.55. The third-order valence-corrected chi connectivity index (χ3v) is 4.29. The monoisotopic (exact) mass is 242 g/mol. The molecule has 2 heterocycles. The lowest BCUT2D eigenvalue weighted by Crippen LogP contribution is -2.35. The predicted octanol–water partition coefficient (Wildman–Crippen LogP) is 2.93. The van der Waals surface area contributed by atoms with Gasteiger partial charge in [0.15, 0.2) is 0 Å². The number of hydrogen-bond acceptors (Lipinski definition) is 2. The predicted molar refractivity (Wildman–Crippen MR) is 72.9 cm³/mol. The lowest BCUT2D eigenvalue weighted by molar-refractivity contribution is 0.0774. The van der Waals surface area contributed by atoms with Gasteiger partial charge in [0, 0.05) is 12.8 Å². The molecule has 0 N–H and O–H groups in total. The molecule has 0 spiro atoms. The van der Waals surface area contributed by atoms with E-state index in [1.165, 1.54) is 11.1 Å². The fraction of sp³-hybridized carbons (Fsp3) is 0.467. The zero-order valence-corrected chi connectivity index (χ0v) is 11.2. The topological polar surface area (TPSA) is 32.7 Å². The molecule has 0 saturated carbocycles. The molecule has 1 aromatic rings. The van der Waals surface area contributed by atoms with E-state index in [0.717, 1.165) is 36.2 Å². The Balaban J connectivity index is 2.21. The van der Waals surface area contributed by atoms with Crippen molar-refractivity contribution >= 4 is 17.8 Å². The number of fused-ring (bicyclic) bond motifs is 2. The van der Waals surface area contributed by atoms with E-state index >= 15 is 0 Å². The number of amides is 1. The molecular weight excluding hydrogens is 224 g/mol. The van der Waals surface area contributed by atoms with Gasteiger partial charge in [0.25, 0.3) is 5.91 Å². The van der Waals surface area contributed by atoms with Gasteiger partial charge in [-0.2, -0.15) is 0 Å². The Hall–Kier alpha value is -1.64. The van der Waals surface area contributed by atoms with Crippen LogP contribution in [-0.2, 0) is 0 Å². The summed E-state index contributed by atoms with van der Waals surface area (Å²) >= 11 is 0. The highest BCUT2D eigenvalue weighted by Crippen LogP contribution is 2.34. The summed E-state index contributed by atoms with van der Waals surface area (Å²) in [4.78, 5) is 19.1. The highest BCUT2D eigenvalue weighted by molar-refractivity contribution is 6.03. The lowest BCUT2D eigenvalue weighted by atomic mass is 9.97. The average molecular weight is 242 g/mol. The van der Waals surface area contributed by atoms with Crippen LogP contribution in [0.2, 0.25) is 0 Å². The second kappa shape index (κ2) is 3.94. The van der Waals surface area contributed by atoms with E-state index in [1.807, 2.05) is 17.2 Å². The van der Waals surface area contributed by atoms with Crippen molar-refractivity contribution in [1.29, 1.82) is 0 Å². The van der Waals surface area contributed by atoms with E-state index in [2.05, 4.69) is 25.8 Å². The molecule has 3 nitrogen and oxygen atoms in total. The molecule has 0 unspecified atom stereocenters. The molecular formula is C15H18N2O. The van der Waals surface area contributed by atoms with E-state index in [0.29, 0.717) is 0 Å². The maximum absolute atomic E-state index is 12.6. The Morgan fingerprint density at radius 1 is 1.28 bits per heavy atom. The number of carbonyl (C=O) groups is 1. The first-order chi connectivity index (χ1) is 8.59. The Labute approximate surface area is 108 Å². The normalized spacial score (nSPS) is 21.8. The number of nitrogens with zero attached hydrogens (tertiary/aromatic N) is 2. The summed E-state index contributed by atoms with van der Waals surface area (Å²) in [5.74, 6) is 0.149. The van der Waals surface area contributed by atoms with Crippen molar-refractivity contribution in [1.82, 2.24) is 4.90 Å². The van der Waals surface area contributed by atoms with Crippen molar-refractivity contribution in [3.05, 3.63) is 28.3 Å². The molecule has 1 amide bonds. The third kappa shape index (κ3) is 1.50. The molecule has 1 atom stereocenters. The Bertz CT molecular complexity index is 560. The van der Waals surface area contributed by atoms with Crippen LogP contribution in [0.15, 0.2) is 11.1 Å². The van der Waals surface area contributed by atoms with Crippen LogP contribution in [-0.4, -0.2) is 29.6 Å². The van der Waals surface area contributed by atoms with Gasteiger partial charge >= 0.3 is 0 Å². The van der Waals surface area contributed by atoms with Gasteiger partial charge in [-0.05, 0) is 56.4 Å². The maximum atomic E-state index is 12.6. The number of benzene rings is 1. The van der Waals surface area contributed by atoms with Gasteiger partial charge in [-0.25, -0.2) is 0 Å². The quantitative estimate of drug-likeness (QED) is 0.688. The maximum Gasteiger partial charge on any atom is 0.256 e. The van der Waals surface area contributed by atoms with Gasteiger partial charge in [-0.1, -0.05) is 0 Å². The number of aryl methyl sites for hydroxylation is 1. The largest absolute Gasteiger partial charge is 0.331 e. The highest BCUT2D eigenvalue weighted by Gasteiger charge is 2.32. The lowest BCUT2D eigenvalue weighted by Gasteiger charge is -2.20. The Kier molecular flexibility index (Phi) is 2.51. The van der Waals surface area contributed by atoms with Gasteiger partial charge in [0.05, 0.1) is 17.3 Å². The molecule has 2 aliphatic heterocycles. The van der Waals surface area contributed by atoms with Crippen LogP contribution in [0.3, 0.4) is 0 Å². The van der Waals surface area contributed by atoms with Crippen LogP contribution < -0.4 is 0 Å². The minimum atomic E-state index is 0.149. The summed E-state index contributed by atoms with van der Waals surface area (Å²) in [6.45, 7) is 7.08. The van der Waals surface area contributed by atoms with Crippen molar-refractivity contribution < 1.29 is 4.79 Å². The molecule has 0 aromatic heterocycles. The molecule has 94 valence electrons. The highest BCUT2D eigenvalue weighted by atomic mass is 16.2. The van der Waals surface area contributed by atoms with Crippen molar-refractivity contribution in [3.8, 4) is 0 Å². The number of aliphatic imine (C=N–C) groups is 1. The molecule has 0 bridgehead atoms. The molecule has 3 rings (SSSR count). The molecule has 1 aromatic carbocycles.